The highest BCUT2D eigenvalue weighted by Crippen LogP contribution is 2.44. The maximum absolute atomic E-state index is 6.34. The smallest absolute Gasteiger partial charge is 0.0278 e. The highest BCUT2D eigenvalue weighted by molar-refractivity contribution is 8.00. The third kappa shape index (κ3) is 3.73. The van der Waals surface area contributed by atoms with E-state index in [9.17, 15) is 0 Å². The van der Waals surface area contributed by atoms with Crippen LogP contribution in [0.25, 0.3) is 0 Å². The predicted octanol–water partition coefficient (Wildman–Crippen LogP) is 4.11. The minimum atomic E-state index is 0.335. The number of pyridine rings is 1. The Labute approximate surface area is 121 Å². The number of hydrogen-bond acceptors (Lipinski definition) is 3. The minimum absolute atomic E-state index is 0.335. The van der Waals surface area contributed by atoms with Crippen LogP contribution in [-0.4, -0.2) is 16.3 Å². The van der Waals surface area contributed by atoms with Crippen LogP contribution in [0, 0.1) is 11.3 Å². The van der Waals surface area contributed by atoms with Crippen LogP contribution in [0.5, 0.6) is 0 Å². The molecule has 1 aromatic heterocycles. The predicted molar refractivity (Wildman–Crippen MR) is 83.3 cm³/mol. The quantitative estimate of drug-likeness (QED) is 0.901. The van der Waals surface area contributed by atoms with Gasteiger partial charge >= 0.3 is 0 Å². The van der Waals surface area contributed by atoms with Crippen LogP contribution in [0.15, 0.2) is 29.4 Å². The van der Waals surface area contributed by atoms with Crippen molar-refractivity contribution in [1.82, 2.24) is 4.98 Å². The number of thioether (sulfide) groups is 1. The number of rotatable bonds is 4. The SMILES string of the molecule is CCC(C)(C)C1CCC(N)C(Sc2ccncc2)C1. The molecule has 3 atom stereocenters. The van der Waals surface area contributed by atoms with Gasteiger partial charge in [-0.1, -0.05) is 27.2 Å². The Kier molecular flexibility index (Phi) is 4.91. The van der Waals surface area contributed by atoms with E-state index in [1.807, 2.05) is 24.2 Å². The van der Waals surface area contributed by atoms with Gasteiger partial charge in [-0.2, -0.15) is 0 Å². The Hall–Kier alpha value is -0.540. The van der Waals surface area contributed by atoms with Crippen LogP contribution in [0.2, 0.25) is 0 Å². The molecule has 2 N–H and O–H groups in total. The number of nitrogens with zero attached hydrogens (tertiary/aromatic N) is 1. The highest BCUT2D eigenvalue weighted by atomic mass is 32.2. The second kappa shape index (κ2) is 6.27. The van der Waals surface area contributed by atoms with Crippen molar-refractivity contribution in [3.8, 4) is 0 Å². The summed E-state index contributed by atoms with van der Waals surface area (Å²) in [7, 11) is 0. The average Bonchev–Trinajstić information content (AvgIpc) is 2.42. The molecule has 0 amide bonds. The van der Waals surface area contributed by atoms with Gasteiger partial charge in [0.15, 0.2) is 0 Å². The first-order valence-electron chi connectivity index (χ1n) is 7.35. The summed E-state index contributed by atoms with van der Waals surface area (Å²) in [5.74, 6) is 0.802. The Morgan fingerprint density at radius 2 is 2.00 bits per heavy atom. The van der Waals surface area contributed by atoms with Gasteiger partial charge in [0.1, 0.15) is 0 Å². The topological polar surface area (TPSA) is 38.9 Å². The maximum atomic E-state index is 6.34. The molecule has 1 saturated carbocycles. The Morgan fingerprint density at radius 1 is 1.32 bits per heavy atom. The second-order valence-electron chi connectivity index (χ2n) is 6.36. The summed E-state index contributed by atoms with van der Waals surface area (Å²) in [5.41, 5.74) is 6.78. The summed E-state index contributed by atoms with van der Waals surface area (Å²) in [6.07, 6.45) is 8.68. The molecule has 1 aromatic rings. The van der Waals surface area contributed by atoms with E-state index in [1.54, 1.807) is 0 Å². The molecule has 0 bridgehead atoms. The molecular weight excluding hydrogens is 252 g/mol. The normalized spacial score (nSPS) is 28.3. The van der Waals surface area contributed by atoms with Gasteiger partial charge in [-0.15, -0.1) is 11.8 Å². The lowest BCUT2D eigenvalue weighted by molar-refractivity contribution is 0.148. The summed E-state index contributed by atoms with van der Waals surface area (Å²) < 4.78 is 0. The fourth-order valence-electron chi connectivity index (χ4n) is 2.88. The molecule has 0 saturated heterocycles. The zero-order valence-electron chi connectivity index (χ0n) is 12.3. The van der Waals surface area contributed by atoms with Crippen molar-refractivity contribution in [1.29, 1.82) is 0 Å². The summed E-state index contributed by atoms with van der Waals surface area (Å²) >= 11 is 1.94. The molecule has 2 rings (SSSR count). The van der Waals surface area contributed by atoms with E-state index in [0.717, 1.165) is 12.3 Å². The van der Waals surface area contributed by atoms with E-state index in [1.165, 1.54) is 24.2 Å². The van der Waals surface area contributed by atoms with Crippen molar-refractivity contribution < 1.29 is 0 Å². The summed E-state index contributed by atoms with van der Waals surface area (Å²) in [6.45, 7) is 7.12. The molecular formula is C16H26N2S. The molecule has 0 aliphatic heterocycles. The fourth-order valence-corrected chi connectivity index (χ4v) is 4.15. The third-order valence-electron chi connectivity index (χ3n) is 4.80. The fraction of sp³-hybridized carbons (Fsp3) is 0.688. The Morgan fingerprint density at radius 3 is 2.63 bits per heavy atom. The second-order valence-corrected chi connectivity index (χ2v) is 7.67. The van der Waals surface area contributed by atoms with Crippen molar-refractivity contribution in [2.24, 2.45) is 17.1 Å². The van der Waals surface area contributed by atoms with Crippen molar-refractivity contribution in [2.75, 3.05) is 0 Å². The lowest BCUT2D eigenvalue weighted by Gasteiger charge is -2.41. The van der Waals surface area contributed by atoms with Crippen LogP contribution in [0.1, 0.15) is 46.5 Å². The van der Waals surface area contributed by atoms with E-state index in [2.05, 4.69) is 37.9 Å². The molecule has 19 heavy (non-hydrogen) atoms. The van der Waals surface area contributed by atoms with Crippen LogP contribution in [-0.2, 0) is 0 Å². The van der Waals surface area contributed by atoms with Crippen molar-refractivity contribution >= 4 is 11.8 Å². The van der Waals surface area contributed by atoms with Gasteiger partial charge in [0.2, 0.25) is 0 Å². The number of aromatic nitrogens is 1. The largest absolute Gasteiger partial charge is 0.327 e. The zero-order valence-corrected chi connectivity index (χ0v) is 13.1. The van der Waals surface area contributed by atoms with Gasteiger partial charge in [0.25, 0.3) is 0 Å². The van der Waals surface area contributed by atoms with Gasteiger partial charge in [-0.3, -0.25) is 4.98 Å². The van der Waals surface area contributed by atoms with Crippen molar-refractivity contribution in [3.63, 3.8) is 0 Å². The molecule has 0 radical (unpaired) electrons. The molecule has 106 valence electrons. The van der Waals surface area contributed by atoms with E-state index >= 15 is 0 Å². The molecule has 3 heteroatoms. The van der Waals surface area contributed by atoms with Gasteiger partial charge in [-0.25, -0.2) is 0 Å². The Balaban J connectivity index is 2.03. The zero-order chi connectivity index (χ0) is 13.9. The number of nitrogens with two attached hydrogens (primary N) is 1. The van der Waals surface area contributed by atoms with E-state index in [-0.39, 0.29) is 0 Å². The van der Waals surface area contributed by atoms with E-state index in [4.69, 9.17) is 5.73 Å². The monoisotopic (exact) mass is 278 g/mol. The molecule has 0 aromatic carbocycles. The van der Waals surface area contributed by atoms with Crippen molar-refractivity contribution in [2.45, 2.75) is 62.6 Å². The molecule has 1 fully saturated rings. The standard InChI is InChI=1S/C16H26N2S/c1-4-16(2,3)12-5-6-14(17)15(11-12)19-13-7-9-18-10-8-13/h7-10,12,14-15H,4-6,11,17H2,1-3H3. The summed E-state index contributed by atoms with van der Waals surface area (Å²) in [4.78, 5) is 5.38. The van der Waals surface area contributed by atoms with Gasteiger partial charge in [-0.05, 0) is 42.7 Å². The highest BCUT2D eigenvalue weighted by Gasteiger charge is 2.36. The van der Waals surface area contributed by atoms with Gasteiger partial charge < -0.3 is 5.73 Å². The minimum Gasteiger partial charge on any atom is -0.327 e. The first-order chi connectivity index (χ1) is 9.03. The summed E-state index contributed by atoms with van der Waals surface area (Å²) in [5, 5.41) is 0.548. The van der Waals surface area contributed by atoms with Crippen LogP contribution in [0.3, 0.4) is 0 Å². The lowest BCUT2D eigenvalue weighted by Crippen LogP contribution is -2.42. The summed E-state index contributed by atoms with van der Waals surface area (Å²) in [6, 6.07) is 4.51. The third-order valence-corrected chi connectivity index (χ3v) is 6.19. The molecule has 2 nitrogen and oxygen atoms in total. The first kappa shape index (κ1) is 14.9. The first-order valence-corrected chi connectivity index (χ1v) is 8.23. The average molecular weight is 278 g/mol. The molecule has 3 unspecified atom stereocenters. The van der Waals surface area contributed by atoms with Crippen LogP contribution in [0.4, 0.5) is 0 Å². The van der Waals surface area contributed by atoms with E-state index in [0.29, 0.717) is 16.7 Å². The molecule has 1 aliphatic carbocycles. The lowest BCUT2D eigenvalue weighted by atomic mass is 9.69. The molecule has 1 heterocycles. The van der Waals surface area contributed by atoms with Crippen LogP contribution >= 0.6 is 11.8 Å². The molecule has 1 aliphatic rings. The van der Waals surface area contributed by atoms with Gasteiger partial charge in [0.05, 0.1) is 0 Å². The number of hydrogen-bond donors (Lipinski definition) is 1. The van der Waals surface area contributed by atoms with Crippen LogP contribution < -0.4 is 5.73 Å². The van der Waals surface area contributed by atoms with E-state index < -0.39 is 0 Å². The van der Waals surface area contributed by atoms with Crippen molar-refractivity contribution in [3.05, 3.63) is 24.5 Å². The molecule has 0 spiro atoms. The van der Waals surface area contributed by atoms with Gasteiger partial charge in [0, 0.05) is 28.6 Å². The Bertz CT molecular complexity index is 391. The maximum Gasteiger partial charge on any atom is 0.0278 e.